The summed E-state index contributed by atoms with van der Waals surface area (Å²) in [4.78, 5) is 0. The van der Waals surface area contributed by atoms with Crippen LogP contribution in [0.1, 0.15) is 0 Å². The minimum Gasteiger partial charge on any atom is -0.0693 e. The van der Waals surface area contributed by atoms with E-state index >= 15 is 0 Å². The maximum atomic E-state index is 2.44. The molecule has 0 spiro atoms. The van der Waals surface area contributed by atoms with E-state index in [1.165, 1.54) is 0 Å². The number of hydrogen-bond acceptors (Lipinski definition) is 0. The average Bonchev–Trinajstić information content (AvgIpc) is 1.96. The third kappa shape index (κ3) is 12.9. The summed E-state index contributed by atoms with van der Waals surface area (Å²) in [5, 5.41) is 0. The Morgan fingerprint density at radius 2 is 0.765 bits per heavy atom. The van der Waals surface area contributed by atoms with Crippen molar-refractivity contribution in [3.05, 3.63) is 37.0 Å². The molecule has 17 heavy (non-hydrogen) atoms. The molecule has 98 valence electrons. The van der Waals surface area contributed by atoms with Crippen LogP contribution in [0.25, 0.3) is 0 Å². The van der Waals surface area contributed by atoms with Gasteiger partial charge in [0.05, 0.1) is 8.07 Å². The first-order valence-electron chi connectivity index (χ1n) is 6.49. The zero-order chi connectivity index (χ0) is 13.7. The lowest BCUT2D eigenvalue weighted by Crippen LogP contribution is -2.32. The Kier molecular flexibility index (Phi) is 6.97. The van der Waals surface area contributed by atoms with Gasteiger partial charge < -0.3 is 0 Å². The molecule has 0 aromatic heterocycles. The highest BCUT2D eigenvalue weighted by atomic mass is 28.3. The second-order valence-corrected chi connectivity index (χ2v) is 22.0. The molecule has 0 heterocycles. The molecule has 0 saturated carbocycles. The third-order valence-corrected chi connectivity index (χ3v) is 6.73. The van der Waals surface area contributed by atoms with E-state index < -0.39 is 24.2 Å². The molecule has 0 bridgehead atoms. The molecule has 0 rings (SSSR count). The molecule has 0 aromatic rings. The van der Waals surface area contributed by atoms with E-state index in [1.54, 1.807) is 0 Å². The molecule has 0 aliphatic rings. The normalized spacial score (nSPS) is 14.1. The molecule has 0 saturated heterocycles. The molecule has 0 aliphatic carbocycles. The average molecular weight is 283 g/mol. The van der Waals surface area contributed by atoms with Crippen LogP contribution in [-0.4, -0.2) is 24.2 Å². The van der Waals surface area contributed by atoms with Gasteiger partial charge in [-0.3, -0.25) is 0 Å². The zero-order valence-corrected chi connectivity index (χ0v) is 16.0. The maximum absolute atomic E-state index is 2.44. The van der Waals surface area contributed by atoms with Gasteiger partial charge in [0.2, 0.25) is 0 Å². The largest absolute Gasteiger partial charge is 0.0693 e. The van der Waals surface area contributed by atoms with E-state index in [1.807, 2.05) is 0 Å². The van der Waals surface area contributed by atoms with E-state index in [-0.39, 0.29) is 0 Å². The summed E-state index contributed by atoms with van der Waals surface area (Å²) in [5.74, 6) is 0. The number of hydrogen-bond donors (Lipinski definition) is 0. The van der Waals surface area contributed by atoms with E-state index in [0.717, 1.165) is 0 Å². The molecular formula is C14H30Si3. The molecule has 0 aromatic carbocycles. The Labute approximate surface area is 114 Å². The quantitative estimate of drug-likeness (QED) is 0.563. The topological polar surface area (TPSA) is 0 Å². The second-order valence-electron chi connectivity index (χ2n) is 7.60. The molecule has 0 unspecified atom stereocenters. The van der Waals surface area contributed by atoms with Gasteiger partial charge in [-0.2, -0.15) is 0 Å². The third-order valence-electron chi connectivity index (χ3n) is 2.24. The van der Waals surface area contributed by atoms with Crippen LogP contribution in [0.3, 0.4) is 0 Å². The van der Waals surface area contributed by atoms with Crippen molar-refractivity contribution in [2.75, 3.05) is 0 Å². The molecular weight excluding hydrogens is 252 g/mol. The summed E-state index contributed by atoms with van der Waals surface area (Å²) < 4.78 is 0. The van der Waals surface area contributed by atoms with E-state index in [2.05, 4.69) is 89.4 Å². The highest BCUT2D eigenvalue weighted by Gasteiger charge is 2.24. The summed E-state index contributed by atoms with van der Waals surface area (Å²) in [7, 11) is -3.35. The van der Waals surface area contributed by atoms with Crippen LogP contribution in [-0.2, 0) is 0 Å². The molecule has 0 amide bonds. The maximum Gasteiger partial charge on any atom is 0.0541 e. The molecule has 0 atom stereocenters. The van der Waals surface area contributed by atoms with Crippen molar-refractivity contribution in [1.29, 1.82) is 0 Å². The van der Waals surface area contributed by atoms with E-state index in [9.17, 15) is 0 Å². The van der Waals surface area contributed by atoms with E-state index in [4.69, 9.17) is 0 Å². The van der Waals surface area contributed by atoms with Gasteiger partial charge in [-0.1, -0.05) is 52.4 Å². The summed E-state index contributed by atoms with van der Waals surface area (Å²) in [6.07, 6.45) is 4.63. The predicted molar refractivity (Wildman–Crippen MR) is 90.0 cm³/mol. The van der Waals surface area contributed by atoms with Crippen molar-refractivity contribution in [2.45, 2.75) is 52.4 Å². The van der Waals surface area contributed by atoms with Gasteiger partial charge in [0, 0.05) is 16.1 Å². The standard InChI is InChI=1S/C14H30Si3/c1-15(2,3)11-9-13-17(7,8)14-10-12-16(4,5)6/h9-14H,1-8H3. The first-order chi connectivity index (χ1) is 7.41. The van der Waals surface area contributed by atoms with Crippen LogP contribution in [0.5, 0.6) is 0 Å². The molecule has 0 fully saturated rings. The molecule has 0 N–H and O–H groups in total. The Hall–Kier alpha value is 0.651. The van der Waals surface area contributed by atoms with Crippen LogP contribution in [0, 0.1) is 37.0 Å². The Morgan fingerprint density at radius 3 is 1.00 bits per heavy atom. The fourth-order valence-corrected chi connectivity index (χ4v) is 4.25. The van der Waals surface area contributed by atoms with E-state index in [0.29, 0.717) is 0 Å². The van der Waals surface area contributed by atoms with Gasteiger partial charge in [0.15, 0.2) is 0 Å². The van der Waals surface area contributed by atoms with Crippen molar-refractivity contribution < 1.29 is 0 Å². The van der Waals surface area contributed by atoms with Crippen LogP contribution in [0.4, 0.5) is 0 Å². The minimum atomic E-state index is -1.28. The lowest BCUT2D eigenvalue weighted by atomic mass is 10.5. The van der Waals surface area contributed by atoms with Crippen molar-refractivity contribution in [2.24, 2.45) is 0 Å². The molecule has 6 radical (unpaired) electrons. The van der Waals surface area contributed by atoms with Crippen LogP contribution in [0.2, 0.25) is 52.4 Å². The summed E-state index contributed by atoms with van der Waals surface area (Å²) in [5.41, 5.74) is 0. The summed E-state index contributed by atoms with van der Waals surface area (Å²) in [6.45, 7) is 19.1. The van der Waals surface area contributed by atoms with Crippen LogP contribution >= 0.6 is 0 Å². The second kappa shape index (κ2) is 6.71. The van der Waals surface area contributed by atoms with Crippen molar-refractivity contribution >= 4 is 24.2 Å². The summed E-state index contributed by atoms with van der Waals surface area (Å²) >= 11 is 0. The molecule has 0 nitrogen and oxygen atoms in total. The predicted octanol–water partition coefficient (Wildman–Crippen LogP) is 4.75. The van der Waals surface area contributed by atoms with Crippen molar-refractivity contribution in [3.8, 4) is 0 Å². The van der Waals surface area contributed by atoms with Crippen molar-refractivity contribution in [3.63, 3.8) is 0 Å². The lowest BCUT2D eigenvalue weighted by molar-refractivity contribution is 1.47. The van der Waals surface area contributed by atoms with Gasteiger partial charge in [0.25, 0.3) is 0 Å². The molecule has 0 aliphatic heterocycles. The first kappa shape index (κ1) is 17.7. The monoisotopic (exact) mass is 282 g/mol. The van der Waals surface area contributed by atoms with Gasteiger partial charge in [0.1, 0.15) is 0 Å². The fraction of sp³-hybridized carbons (Fsp3) is 0.571. The Bertz CT molecular complexity index is 186. The minimum absolute atomic E-state index is 1.03. The highest BCUT2D eigenvalue weighted by Crippen LogP contribution is 2.20. The van der Waals surface area contributed by atoms with Gasteiger partial charge in [-0.15, -0.1) is 0 Å². The van der Waals surface area contributed by atoms with Gasteiger partial charge in [-0.05, 0) is 37.0 Å². The SMILES string of the molecule is C[Si](C)(C)[CH][CH][CH][Si](C)(C)[CH][CH][CH][Si](C)(C)C. The highest BCUT2D eigenvalue weighted by molar-refractivity contribution is 6.86. The zero-order valence-electron chi connectivity index (χ0n) is 13.0. The Morgan fingerprint density at radius 1 is 0.471 bits per heavy atom. The van der Waals surface area contributed by atoms with Crippen molar-refractivity contribution in [1.82, 2.24) is 0 Å². The van der Waals surface area contributed by atoms with Gasteiger partial charge in [-0.25, -0.2) is 0 Å². The first-order valence-corrected chi connectivity index (χ1v) is 16.8. The van der Waals surface area contributed by atoms with Crippen LogP contribution < -0.4 is 0 Å². The fourth-order valence-electron chi connectivity index (χ4n) is 1.23. The van der Waals surface area contributed by atoms with Crippen LogP contribution in [0.15, 0.2) is 0 Å². The van der Waals surface area contributed by atoms with Gasteiger partial charge >= 0.3 is 0 Å². The summed E-state index contributed by atoms with van der Waals surface area (Å²) in [6, 6.07) is 9.75. The Balaban J connectivity index is 3.81. The number of rotatable bonds is 8. The molecule has 3 heteroatoms. The lowest BCUT2D eigenvalue weighted by Gasteiger charge is -2.25. The smallest absolute Gasteiger partial charge is 0.0541 e.